The summed E-state index contributed by atoms with van der Waals surface area (Å²) in [5.41, 5.74) is 1.75. The number of carbonyl (C=O) groups excluding carboxylic acids is 1. The van der Waals surface area contributed by atoms with E-state index >= 15 is 0 Å². The zero-order valence-corrected chi connectivity index (χ0v) is 13.7. The summed E-state index contributed by atoms with van der Waals surface area (Å²) in [4.78, 5) is 14.5. The van der Waals surface area contributed by atoms with Gasteiger partial charge in [0.1, 0.15) is 0 Å². The van der Waals surface area contributed by atoms with Gasteiger partial charge in [0.2, 0.25) is 0 Å². The minimum atomic E-state index is 0.233. The molecule has 0 saturated carbocycles. The maximum Gasteiger partial charge on any atom is 0.167 e. The first-order chi connectivity index (χ1) is 10.7. The highest BCUT2D eigenvalue weighted by atomic mass is 16.5. The van der Waals surface area contributed by atoms with Gasteiger partial charge in [-0.25, -0.2) is 0 Å². The molecule has 0 N–H and O–H groups in total. The molecule has 0 spiro atoms. The van der Waals surface area contributed by atoms with E-state index in [0.717, 1.165) is 30.6 Å². The van der Waals surface area contributed by atoms with Gasteiger partial charge in [-0.1, -0.05) is 19.1 Å². The Morgan fingerprint density at radius 3 is 2.82 bits per heavy atom. The van der Waals surface area contributed by atoms with Gasteiger partial charge in [-0.2, -0.15) is 0 Å². The van der Waals surface area contributed by atoms with Crippen molar-refractivity contribution in [3.63, 3.8) is 0 Å². The number of hydrogen-bond donors (Lipinski definition) is 0. The lowest BCUT2D eigenvalue weighted by molar-refractivity contribution is -0.117. The van der Waals surface area contributed by atoms with Crippen LogP contribution in [0.3, 0.4) is 0 Å². The molecule has 0 unspecified atom stereocenters. The Bertz CT molecular complexity index is 551. The lowest BCUT2D eigenvalue weighted by Crippen LogP contribution is -2.36. The number of ether oxygens (including phenoxy) is 2. The van der Waals surface area contributed by atoms with Crippen LogP contribution in [-0.4, -0.2) is 44.0 Å². The summed E-state index contributed by atoms with van der Waals surface area (Å²) in [6.45, 7) is 7.29. The van der Waals surface area contributed by atoms with Crippen molar-refractivity contribution < 1.29 is 14.3 Å². The monoisotopic (exact) mass is 303 g/mol. The third-order valence-corrected chi connectivity index (χ3v) is 3.79. The number of carbonyl (C=O) groups is 1. The molecule has 1 fully saturated rings. The maximum absolute atomic E-state index is 12.2. The van der Waals surface area contributed by atoms with Crippen molar-refractivity contribution in [1.29, 1.82) is 0 Å². The summed E-state index contributed by atoms with van der Waals surface area (Å²) < 4.78 is 11.1. The first-order valence-electron chi connectivity index (χ1n) is 7.95. The van der Waals surface area contributed by atoms with Gasteiger partial charge in [-0.15, -0.1) is 0 Å². The smallest absolute Gasteiger partial charge is 0.167 e. The predicted molar refractivity (Wildman–Crippen MR) is 88.5 cm³/mol. The second kappa shape index (κ2) is 7.99. The van der Waals surface area contributed by atoms with Crippen LogP contribution < -0.4 is 9.47 Å². The van der Waals surface area contributed by atoms with Crippen LogP contribution in [0.25, 0.3) is 6.08 Å². The number of rotatable bonds is 6. The van der Waals surface area contributed by atoms with Crippen LogP contribution in [-0.2, 0) is 4.79 Å². The van der Waals surface area contributed by atoms with E-state index in [0.29, 0.717) is 31.1 Å². The third kappa shape index (κ3) is 3.89. The van der Waals surface area contributed by atoms with E-state index in [1.54, 1.807) is 7.11 Å². The lowest BCUT2D eigenvalue weighted by atomic mass is 9.99. The largest absolute Gasteiger partial charge is 0.492 e. The molecule has 22 heavy (non-hydrogen) atoms. The molecule has 0 amide bonds. The molecule has 4 nitrogen and oxygen atoms in total. The topological polar surface area (TPSA) is 38.8 Å². The van der Waals surface area contributed by atoms with Crippen molar-refractivity contribution in [3.05, 3.63) is 29.3 Å². The summed E-state index contributed by atoms with van der Waals surface area (Å²) >= 11 is 0. The van der Waals surface area contributed by atoms with Gasteiger partial charge in [0.15, 0.2) is 17.3 Å². The van der Waals surface area contributed by atoms with Gasteiger partial charge in [0.05, 0.1) is 13.7 Å². The van der Waals surface area contributed by atoms with Crippen LogP contribution in [0, 0.1) is 0 Å². The van der Waals surface area contributed by atoms with E-state index in [1.807, 2.05) is 31.2 Å². The molecule has 0 bridgehead atoms. The summed E-state index contributed by atoms with van der Waals surface area (Å²) in [7, 11) is 1.63. The van der Waals surface area contributed by atoms with Gasteiger partial charge < -0.3 is 9.47 Å². The minimum absolute atomic E-state index is 0.233. The van der Waals surface area contributed by atoms with Gasteiger partial charge in [0, 0.05) is 30.6 Å². The molecular formula is C18H25NO3. The first kappa shape index (κ1) is 16.6. The van der Waals surface area contributed by atoms with Crippen molar-refractivity contribution >= 4 is 11.9 Å². The Kier molecular flexibility index (Phi) is 6.01. The molecule has 1 aromatic carbocycles. The molecule has 4 heteroatoms. The summed E-state index contributed by atoms with van der Waals surface area (Å²) in [5, 5.41) is 0. The molecule has 2 rings (SSSR count). The fourth-order valence-electron chi connectivity index (χ4n) is 2.78. The number of nitrogens with zero attached hydrogens (tertiary/aromatic N) is 1. The van der Waals surface area contributed by atoms with Gasteiger partial charge in [-0.3, -0.25) is 9.69 Å². The van der Waals surface area contributed by atoms with E-state index in [-0.39, 0.29) is 5.78 Å². The minimum Gasteiger partial charge on any atom is -0.492 e. The normalized spacial score (nSPS) is 17.8. The van der Waals surface area contributed by atoms with Crippen LogP contribution in [0.1, 0.15) is 32.3 Å². The Labute approximate surface area is 132 Å². The number of benzene rings is 1. The van der Waals surface area contributed by atoms with Crippen molar-refractivity contribution in [1.82, 2.24) is 4.90 Å². The van der Waals surface area contributed by atoms with Crippen molar-refractivity contribution in [2.24, 2.45) is 0 Å². The number of piperidine rings is 1. The average molecular weight is 303 g/mol. The van der Waals surface area contributed by atoms with Crippen molar-refractivity contribution in [3.8, 4) is 11.5 Å². The van der Waals surface area contributed by atoms with Crippen molar-refractivity contribution in [2.75, 3.05) is 33.4 Å². The second-order valence-electron chi connectivity index (χ2n) is 5.43. The highest BCUT2D eigenvalue weighted by Gasteiger charge is 2.21. The molecule has 1 aliphatic rings. The Morgan fingerprint density at radius 2 is 2.14 bits per heavy atom. The van der Waals surface area contributed by atoms with E-state index in [2.05, 4.69) is 11.8 Å². The first-order valence-corrected chi connectivity index (χ1v) is 7.95. The van der Waals surface area contributed by atoms with Crippen molar-refractivity contribution in [2.45, 2.75) is 26.7 Å². The number of methoxy groups -OCH3 is 1. The molecule has 1 saturated heterocycles. The molecule has 0 atom stereocenters. The third-order valence-electron chi connectivity index (χ3n) is 3.79. The molecule has 1 heterocycles. The fourth-order valence-corrected chi connectivity index (χ4v) is 2.78. The fraction of sp³-hybridized carbons (Fsp3) is 0.500. The zero-order chi connectivity index (χ0) is 15.9. The van der Waals surface area contributed by atoms with E-state index in [1.165, 1.54) is 0 Å². The number of Topliss-reactive ketones (excluding diaryl/α,β-unsaturated/α-hetero) is 1. The molecule has 1 aromatic rings. The van der Waals surface area contributed by atoms with Gasteiger partial charge in [-0.05, 0) is 32.0 Å². The van der Waals surface area contributed by atoms with E-state index < -0.39 is 0 Å². The van der Waals surface area contributed by atoms with Gasteiger partial charge in [0.25, 0.3) is 0 Å². The number of hydrogen-bond acceptors (Lipinski definition) is 4. The van der Waals surface area contributed by atoms with E-state index in [9.17, 15) is 4.79 Å². The standard InChI is InChI=1S/C18H25NO3/c1-4-10-19-11-9-16(20)15(13-19)12-14-7-6-8-17(22-5-2)18(14)21-3/h6-8,12H,4-5,9-11,13H2,1-3H3/b15-12+. The van der Waals surface area contributed by atoms with E-state index in [4.69, 9.17) is 9.47 Å². The molecular weight excluding hydrogens is 278 g/mol. The zero-order valence-electron chi connectivity index (χ0n) is 13.7. The molecule has 120 valence electrons. The highest BCUT2D eigenvalue weighted by Crippen LogP contribution is 2.33. The SMILES string of the molecule is CCCN1CCC(=O)/C(=C/c2cccc(OCC)c2OC)C1. The second-order valence-corrected chi connectivity index (χ2v) is 5.43. The number of ketones is 1. The number of likely N-dealkylation sites (tertiary alicyclic amines) is 1. The van der Waals surface area contributed by atoms with Crippen LogP contribution in [0.4, 0.5) is 0 Å². The van der Waals surface area contributed by atoms with Crippen LogP contribution in [0.5, 0.6) is 11.5 Å². The molecule has 0 aliphatic carbocycles. The Hall–Kier alpha value is -1.81. The van der Waals surface area contributed by atoms with Gasteiger partial charge >= 0.3 is 0 Å². The molecule has 1 aliphatic heterocycles. The Morgan fingerprint density at radius 1 is 1.32 bits per heavy atom. The highest BCUT2D eigenvalue weighted by molar-refractivity contribution is 6.01. The predicted octanol–water partition coefficient (Wildman–Crippen LogP) is 3.16. The summed E-state index contributed by atoms with van der Waals surface area (Å²) in [5.74, 6) is 1.64. The average Bonchev–Trinajstić information content (AvgIpc) is 2.51. The summed E-state index contributed by atoms with van der Waals surface area (Å²) in [6.07, 6.45) is 3.65. The summed E-state index contributed by atoms with van der Waals surface area (Å²) in [6, 6.07) is 5.77. The molecule has 0 aromatic heterocycles. The number of para-hydroxylation sites is 1. The van der Waals surface area contributed by atoms with Crippen LogP contribution in [0.2, 0.25) is 0 Å². The maximum atomic E-state index is 12.2. The van der Waals surface area contributed by atoms with Crippen LogP contribution >= 0.6 is 0 Å². The molecule has 0 radical (unpaired) electrons. The van der Waals surface area contributed by atoms with Crippen LogP contribution in [0.15, 0.2) is 23.8 Å². The lowest BCUT2D eigenvalue weighted by Gasteiger charge is -2.27. The quantitative estimate of drug-likeness (QED) is 0.757. The Balaban J connectivity index is 2.30.